The zero-order valence-corrected chi connectivity index (χ0v) is 18.3. The lowest BCUT2D eigenvalue weighted by Gasteiger charge is -2.27. The summed E-state index contributed by atoms with van der Waals surface area (Å²) < 4.78 is 5.38. The molecule has 0 atom stereocenters. The van der Waals surface area contributed by atoms with Gasteiger partial charge in [0.1, 0.15) is 5.70 Å². The van der Waals surface area contributed by atoms with Crippen LogP contribution in [0.25, 0.3) is 5.57 Å². The number of para-hydroxylation sites is 1. The van der Waals surface area contributed by atoms with Crippen LogP contribution in [0.4, 0.5) is 5.69 Å². The van der Waals surface area contributed by atoms with Crippen molar-refractivity contribution in [2.24, 2.45) is 0 Å². The van der Waals surface area contributed by atoms with Gasteiger partial charge in [0.25, 0.3) is 11.8 Å². The second-order valence-electron chi connectivity index (χ2n) is 7.77. The highest BCUT2D eigenvalue weighted by atomic mass is 35.5. The Hall–Kier alpha value is -2.67. The Morgan fingerprint density at radius 3 is 2.39 bits per heavy atom. The van der Waals surface area contributed by atoms with Crippen LogP contribution in [0, 0.1) is 6.92 Å². The highest BCUT2D eigenvalue weighted by Crippen LogP contribution is 2.32. The quantitative estimate of drug-likeness (QED) is 0.668. The highest BCUT2D eigenvalue weighted by Gasteiger charge is 2.39. The molecule has 0 aliphatic carbocycles. The van der Waals surface area contributed by atoms with E-state index in [-0.39, 0.29) is 11.8 Å². The number of carbonyl (C=O) groups is 2. The van der Waals surface area contributed by atoms with Gasteiger partial charge in [-0.15, -0.1) is 0 Å². The van der Waals surface area contributed by atoms with Crippen molar-refractivity contribution < 1.29 is 14.3 Å². The lowest BCUT2D eigenvalue weighted by molar-refractivity contribution is -0.136. The summed E-state index contributed by atoms with van der Waals surface area (Å²) in [7, 11) is 0. The molecular formula is C24H26ClN3O3. The van der Waals surface area contributed by atoms with E-state index in [0.29, 0.717) is 28.4 Å². The zero-order chi connectivity index (χ0) is 21.8. The lowest BCUT2D eigenvalue weighted by Crippen LogP contribution is -2.39. The highest BCUT2D eigenvalue weighted by molar-refractivity contribution is 6.37. The van der Waals surface area contributed by atoms with Crippen LogP contribution in [-0.4, -0.2) is 61.0 Å². The molecule has 1 saturated heterocycles. The van der Waals surface area contributed by atoms with Gasteiger partial charge in [0.15, 0.2) is 0 Å². The number of benzene rings is 2. The Morgan fingerprint density at radius 1 is 0.968 bits per heavy atom. The van der Waals surface area contributed by atoms with E-state index in [2.05, 4.69) is 10.2 Å². The first-order valence-corrected chi connectivity index (χ1v) is 10.9. The number of nitrogens with one attached hydrogen (secondary N) is 1. The first kappa shape index (κ1) is 21.6. The molecule has 31 heavy (non-hydrogen) atoms. The maximum atomic E-state index is 13.3. The third-order valence-corrected chi connectivity index (χ3v) is 5.92. The van der Waals surface area contributed by atoms with E-state index in [1.807, 2.05) is 31.2 Å². The fourth-order valence-electron chi connectivity index (χ4n) is 3.90. The Labute approximate surface area is 187 Å². The van der Waals surface area contributed by atoms with E-state index in [1.165, 1.54) is 4.90 Å². The molecule has 1 fully saturated rings. The van der Waals surface area contributed by atoms with E-state index >= 15 is 0 Å². The SMILES string of the molecule is Cc1ccccc1NC1=C(c2ccc(Cl)cc2)C(=O)N(CCCN2CCOCC2)C1=O. The van der Waals surface area contributed by atoms with Crippen LogP contribution in [-0.2, 0) is 14.3 Å². The summed E-state index contributed by atoms with van der Waals surface area (Å²) in [6.45, 7) is 6.41. The van der Waals surface area contributed by atoms with Gasteiger partial charge in [0, 0.05) is 36.9 Å². The molecular weight excluding hydrogens is 414 g/mol. The van der Waals surface area contributed by atoms with Crippen LogP contribution in [0.5, 0.6) is 0 Å². The normalized spacial score (nSPS) is 17.5. The molecule has 0 unspecified atom stereocenters. The van der Waals surface area contributed by atoms with Gasteiger partial charge < -0.3 is 10.1 Å². The first-order valence-electron chi connectivity index (χ1n) is 10.5. The van der Waals surface area contributed by atoms with Crippen LogP contribution >= 0.6 is 11.6 Å². The number of halogens is 1. The van der Waals surface area contributed by atoms with Gasteiger partial charge in [-0.2, -0.15) is 0 Å². The van der Waals surface area contributed by atoms with Crippen molar-refractivity contribution in [3.8, 4) is 0 Å². The molecule has 2 heterocycles. The van der Waals surface area contributed by atoms with Crippen molar-refractivity contribution in [2.45, 2.75) is 13.3 Å². The third-order valence-electron chi connectivity index (χ3n) is 5.67. The molecule has 2 aliphatic heterocycles. The molecule has 2 aromatic carbocycles. The van der Waals surface area contributed by atoms with E-state index in [4.69, 9.17) is 16.3 Å². The molecule has 2 aromatic rings. The number of rotatable bonds is 7. The average molecular weight is 440 g/mol. The summed E-state index contributed by atoms with van der Waals surface area (Å²) >= 11 is 6.03. The number of ether oxygens (including phenoxy) is 1. The Bertz CT molecular complexity index is 997. The van der Waals surface area contributed by atoms with E-state index in [9.17, 15) is 9.59 Å². The number of amides is 2. The van der Waals surface area contributed by atoms with Gasteiger partial charge in [-0.25, -0.2) is 0 Å². The molecule has 0 aromatic heterocycles. The summed E-state index contributed by atoms with van der Waals surface area (Å²) in [6, 6.07) is 14.7. The van der Waals surface area contributed by atoms with Gasteiger partial charge in [0.05, 0.1) is 18.8 Å². The second kappa shape index (κ2) is 9.64. The van der Waals surface area contributed by atoms with Gasteiger partial charge in [0.2, 0.25) is 0 Å². The Morgan fingerprint density at radius 2 is 1.68 bits per heavy atom. The molecule has 2 aliphatic rings. The monoisotopic (exact) mass is 439 g/mol. The molecule has 0 spiro atoms. The summed E-state index contributed by atoms with van der Waals surface area (Å²) in [5.41, 5.74) is 3.18. The predicted octanol–water partition coefficient (Wildman–Crippen LogP) is 3.56. The number of carbonyl (C=O) groups excluding carboxylic acids is 2. The number of morpholine rings is 1. The summed E-state index contributed by atoms with van der Waals surface area (Å²) in [5.74, 6) is -0.564. The third kappa shape index (κ3) is 4.82. The van der Waals surface area contributed by atoms with Crippen LogP contribution < -0.4 is 5.32 Å². The standard InChI is InChI=1S/C24H26ClN3O3/c1-17-5-2-3-6-20(17)26-22-21(18-7-9-19(25)10-8-18)23(29)28(24(22)30)12-4-11-27-13-15-31-16-14-27/h2-3,5-10,26H,4,11-16H2,1H3. The van der Waals surface area contributed by atoms with Crippen molar-refractivity contribution in [1.82, 2.24) is 9.80 Å². The molecule has 2 amide bonds. The number of hydrogen-bond acceptors (Lipinski definition) is 5. The van der Waals surface area contributed by atoms with Crippen molar-refractivity contribution >= 4 is 34.7 Å². The maximum absolute atomic E-state index is 13.3. The Balaban J connectivity index is 1.57. The number of imide groups is 1. The number of hydrogen-bond donors (Lipinski definition) is 1. The molecule has 6 nitrogen and oxygen atoms in total. The zero-order valence-electron chi connectivity index (χ0n) is 17.6. The van der Waals surface area contributed by atoms with Crippen molar-refractivity contribution in [2.75, 3.05) is 44.7 Å². The number of anilines is 1. The van der Waals surface area contributed by atoms with E-state index < -0.39 is 0 Å². The predicted molar refractivity (Wildman–Crippen MR) is 122 cm³/mol. The molecule has 7 heteroatoms. The Kier molecular flexibility index (Phi) is 6.70. The largest absolute Gasteiger partial charge is 0.379 e. The summed E-state index contributed by atoms with van der Waals surface area (Å²) in [5, 5.41) is 3.81. The van der Waals surface area contributed by atoms with Gasteiger partial charge in [-0.05, 0) is 42.7 Å². The van der Waals surface area contributed by atoms with Crippen LogP contribution in [0.2, 0.25) is 5.02 Å². The minimum Gasteiger partial charge on any atom is -0.379 e. The number of nitrogens with zero attached hydrogens (tertiary/aromatic N) is 2. The van der Waals surface area contributed by atoms with Gasteiger partial charge in [-0.3, -0.25) is 19.4 Å². The molecule has 1 N–H and O–H groups in total. The molecule has 4 rings (SSSR count). The van der Waals surface area contributed by atoms with Crippen molar-refractivity contribution in [1.29, 1.82) is 0 Å². The maximum Gasteiger partial charge on any atom is 0.278 e. The van der Waals surface area contributed by atoms with Crippen LogP contribution in [0.1, 0.15) is 17.5 Å². The summed E-state index contributed by atoms with van der Waals surface area (Å²) in [6.07, 6.45) is 0.725. The minimum absolute atomic E-state index is 0.273. The fraction of sp³-hybridized carbons (Fsp3) is 0.333. The average Bonchev–Trinajstić information content (AvgIpc) is 3.01. The topological polar surface area (TPSA) is 61.9 Å². The minimum atomic E-state index is -0.291. The van der Waals surface area contributed by atoms with Crippen LogP contribution in [0.3, 0.4) is 0 Å². The summed E-state index contributed by atoms with van der Waals surface area (Å²) in [4.78, 5) is 30.3. The number of aryl methyl sites for hydroxylation is 1. The fourth-order valence-corrected chi connectivity index (χ4v) is 4.03. The van der Waals surface area contributed by atoms with Crippen molar-refractivity contribution in [3.05, 3.63) is 70.4 Å². The molecule has 0 saturated carbocycles. The molecule has 0 radical (unpaired) electrons. The van der Waals surface area contributed by atoms with E-state index in [0.717, 1.165) is 50.5 Å². The van der Waals surface area contributed by atoms with Crippen LogP contribution in [0.15, 0.2) is 54.2 Å². The second-order valence-corrected chi connectivity index (χ2v) is 8.20. The molecule has 0 bridgehead atoms. The van der Waals surface area contributed by atoms with Crippen molar-refractivity contribution in [3.63, 3.8) is 0 Å². The van der Waals surface area contributed by atoms with Gasteiger partial charge >= 0.3 is 0 Å². The smallest absolute Gasteiger partial charge is 0.278 e. The first-order chi connectivity index (χ1) is 15.0. The van der Waals surface area contributed by atoms with Gasteiger partial charge in [-0.1, -0.05) is 41.9 Å². The van der Waals surface area contributed by atoms with E-state index in [1.54, 1.807) is 24.3 Å². The lowest BCUT2D eigenvalue weighted by atomic mass is 10.0. The molecule has 162 valence electrons.